The smallest absolute Gasteiger partial charge is 0.214 e. The number of rotatable bonds is 4. The van der Waals surface area contributed by atoms with E-state index in [0.29, 0.717) is 38.9 Å². The van der Waals surface area contributed by atoms with Crippen molar-refractivity contribution in [2.24, 2.45) is 5.41 Å². The highest BCUT2D eigenvalue weighted by Gasteiger charge is 2.38. The van der Waals surface area contributed by atoms with Gasteiger partial charge in [0.15, 0.2) is 0 Å². The van der Waals surface area contributed by atoms with E-state index in [9.17, 15) is 13.5 Å². The molecule has 6 heteroatoms. The van der Waals surface area contributed by atoms with Gasteiger partial charge >= 0.3 is 0 Å². The van der Waals surface area contributed by atoms with Crippen molar-refractivity contribution in [3.63, 3.8) is 0 Å². The van der Waals surface area contributed by atoms with Gasteiger partial charge < -0.3 is 9.84 Å². The molecule has 2 fully saturated rings. The summed E-state index contributed by atoms with van der Waals surface area (Å²) in [6, 6.07) is 0. The van der Waals surface area contributed by atoms with E-state index in [1.807, 2.05) is 0 Å². The van der Waals surface area contributed by atoms with Crippen LogP contribution >= 0.6 is 0 Å². The molecular weight excluding hydrogens is 278 g/mol. The molecule has 1 heterocycles. The number of aliphatic hydroxyl groups is 1. The first kappa shape index (κ1) is 16.2. The maximum atomic E-state index is 12.2. The number of nitrogens with one attached hydrogen (secondary N) is 1. The van der Waals surface area contributed by atoms with Crippen LogP contribution < -0.4 is 4.72 Å². The van der Waals surface area contributed by atoms with Gasteiger partial charge in [-0.05, 0) is 43.9 Å². The molecule has 0 radical (unpaired) electrons. The van der Waals surface area contributed by atoms with Crippen LogP contribution in [0.2, 0.25) is 0 Å². The number of sulfonamides is 1. The molecule has 0 aromatic rings. The summed E-state index contributed by atoms with van der Waals surface area (Å²) >= 11 is 0. The lowest BCUT2D eigenvalue weighted by molar-refractivity contribution is -0.0206. The molecule has 0 spiro atoms. The molecule has 2 rings (SSSR count). The van der Waals surface area contributed by atoms with E-state index in [-0.39, 0.29) is 17.2 Å². The molecule has 2 N–H and O–H groups in total. The van der Waals surface area contributed by atoms with E-state index in [0.717, 1.165) is 12.8 Å². The first-order valence-electron chi connectivity index (χ1n) is 7.51. The lowest BCUT2D eigenvalue weighted by Gasteiger charge is -2.40. The van der Waals surface area contributed by atoms with Crippen molar-refractivity contribution in [2.75, 3.05) is 19.8 Å². The van der Waals surface area contributed by atoms with E-state index in [1.165, 1.54) is 0 Å². The molecule has 0 unspecified atom stereocenters. The highest BCUT2D eigenvalue weighted by Crippen LogP contribution is 2.39. The Morgan fingerprint density at radius 2 is 1.70 bits per heavy atom. The summed E-state index contributed by atoms with van der Waals surface area (Å²) in [6.07, 6.45) is 4.28. The van der Waals surface area contributed by atoms with Crippen LogP contribution in [-0.4, -0.2) is 44.1 Å². The second-order valence-corrected chi connectivity index (χ2v) is 9.11. The summed E-state index contributed by atoms with van der Waals surface area (Å²) in [7, 11) is -3.34. The highest BCUT2D eigenvalue weighted by atomic mass is 32.2. The lowest BCUT2D eigenvalue weighted by atomic mass is 9.71. The quantitative estimate of drug-likeness (QED) is 0.823. The zero-order valence-electron chi connectivity index (χ0n) is 12.5. The van der Waals surface area contributed by atoms with Crippen molar-refractivity contribution in [1.82, 2.24) is 4.72 Å². The molecule has 0 bridgehead atoms. The Morgan fingerprint density at radius 1 is 1.15 bits per heavy atom. The van der Waals surface area contributed by atoms with E-state index >= 15 is 0 Å². The molecule has 1 saturated heterocycles. The first-order valence-corrected chi connectivity index (χ1v) is 9.06. The Kier molecular flexibility index (Phi) is 4.79. The minimum atomic E-state index is -3.34. The van der Waals surface area contributed by atoms with Crippen LogP contribution in [-0.2, 0) is 14.8 Å². The third kappa shape index (κ3) is 4.16. The second kappa shape index (κ2) is 5.91. The molecule has 2 aliphatic rings. The van der Waals surface area contributed by atoms with Gasteiger partial charge in [0.05, 0.1) is 10.9 Å². The van der Waals surface area contributed by atoms with E-state index < -0.39 is 15.6 Å². The van der Waals surface area contributed by atoms with Crippen LogP contribution in [0.15, 0.2) is 0 Å². The standard InChI is InChI=1S/C14H27NO4S/c1-13(2)5-7-14(16,8-6-13)11-15-20(17,18)12-3-9-19-10-4-12/h12,15-16H,3-11H2,1-2H3. The molecule has 0 aromatic carbocycles. The average molecular weight is 305 g/mol. The molecule has 1 saturated carbocycles. The van der Waals surface area contributed by atoms with Gasteiger partial charge in [-0.25, -0.2) is 13.1 Å². The zero-order chi connectivity index (χ0) is 14.9. The maximum absolute atomic E-state index is 12.2. The molecule has 20 heavy (non-hydrogen) atoms. The van der Waals surface area contributed by atoms with Crippen LogP contribution in [0.3, 0.4) is 0 Å². The predicted molar refractivity (Wildman–Crippen MR) is 78.0 cm³/mol. The van der Waals surface area contributed by atoms with Crippen molar-refractivity contribution in [3.8, 4) is 0 Å². The van der Waals surface area contributed by atoms with E-state index in [1.54, 1.807) is 0 Å². The zero-order valence-corrected chi connectivity index (χ0v) is 13.3. The van der Waals surface area contributed by atoms with Crippen molar-refractivity contribution in [1.29, 1.82) is 0 Å². The van der Waals surface area contributed by atoms with E-state index in [2.05, 4.69) is 18.6 Å². The molecule has 0 aromatic heterocycles. The van der Waals surface area contributed by atoms with Gasteiger partial charge in [-0.3, -0.25) is 0 Å². The Labute approximate surface area is 122 Å². The van der Waals surface area contributed by atoms with Crippen LogP contribution in [0.25, 0.3) is 0 Å². The average Bonchev–Trinajstić information content (AvgIpc) is 2.42. The van der Waals surface area contributed by atoms with Crippen LogP contribution in [0, 0.1) is 5.41 Å². The highest BCUT2D eigenvalue weighted by molar-refractivity contribution is 7.90. The SMILES string of the molecule is CC1(C)CCC(O)(CNS(=O)(=O)C2CCOCC2)CC1. The van der Waals surface area contributed by atoms with Crippen molar-refractivity contribution < 1.29 is 18.3 Å². The number of ether oxygens (including phenoxy) is 1. The fourth-order valence-electron chi connectivity index (χ4n) is 2.91. The summed E-state index contributed by atoms with van der Waals surface area (Å²) in [6.45, 7) is 5.54. The third-order valence-corrected chi connectivity index (χ3v) is 6.64. The molecule has 5 nitrogen and oxygen atoms in total. The fourth-order valence-corrected chi connectivity index (χ4v) is 4.43. The van der Waals surface area contributed by atoms with Crippen LogP contribution in [0.4, 0.5) is 0 Å². The van der Waals surface area contributed by atoms with Gasteiger partial charge in [0, 0.05) is 19.8 Å². The topological polar surface area (TPSA) is 75.6 Å². The molecule has 118 valence electrons. The lowest BCUT2D eigenvalue weighted by Crippen LogP contribution is -2.49. The first-order chi connectivity index (χ1) is 9.23. The molecule has 1 aliphatic carbocycles. The maximum Gasteiger partial charge on any atom is 0.214 e. The number of hydrogen-bond donors (Lipinski definition) is 2. The van der Waals surface area contributed by atoms with Crippen molar-refractivity contribution in [2.45, 2.75) is 63.2 Å². The Morgan fingerprint density at radius 3 is 2.25 bits per heavy atom. The van der Waals surface area contributed by atoms with E-state index in [4.69, 9.17) is 4.74 Å². The molecular formula is C14H27NO4S. The van der Waals surface area contributed by atoms with Crippen LogP contribution in [0.5, 0.6) is 0 Å². The monoisotopic (exact) mass is 305 g/mol. The van der Waals surface area contributed by atoms with Gasteiger partial charge in [-0.2, -0.15) is 0 Å². The minimum absolute atomic E-state index is 0.142. The van der Waals surface area contributed by atoms with Gasteiger partial charge in [0.25, 0.3) is 0 Å². The molecule has 0 atom stereocenters. The second-order valence-electron chi connectivity index (χ2n) is 7.07. The van der Waals surface area contributed by atoms with Gasteiger partial charge in [0.1, 0.15) is 0 Å². The van der Waals surface area contributed by atoms with Crippen molar-refractivity contribution >= 4 is 10.0 Å². The molecule has 1 aliphatic heterocycles. The summed E-state index contributed by atoms with van der Waals surface area (Å²) < 4.78 is 32.3. The fraction of sp³-hybridized carbons (Fsp3) is 1.00. The third-order valence-electron chi connectivity index (χ3n) is 4.74. The van der Waals surface area contributed by atoms with Gasteiger partial charge in [-0.1, -0.05) is 13.8 Å². The predicted octanol–water partition coefficient (Wildman–Crippen LogP) is 1.42. The van der Waals surface area contributed by atoms with Crippen LogP contribution in [0.1, 0.15) is 52.4 Å². The van der Waals surface area contributed by atoms with Gasteiger partial charge in [0.2, 0.25) is 10.0 Å². The Balaban J connectivity index is 1.87. The summed E-state index contributed by atoms with van der Waals surface area (Å²) in [4.78, 5) is 0. The van der Waals surface area contributed by atoms with Crippen molar-refractivity contribution in [3.05, 3.63) is 0 Å². The minimum Gasteiger partial charge on any atom is -0.389 e. The Bertz CT molecular complexity index is 416. The number of hydrogen-bond acceptors (Lipinski definition) is 4. The Hall–Kier alpha value is -0.170. The summed E-state index contributed by atoms with van der Waals surface area (Å²) in [5, 5.41) is 10.1. The summed E-state index contributed by atoms with van der Waals surface area (Å²) in [5.74, 6) is 0. The molecule has 0 amide bonds. The summed E-state index contributed by atoms with van der Waals surface area (Å²) in [5.41, 5.74) is -0.625. The largest absolute Gasteiger partial charge is 0.389 e. The van der Waals surface area contributed by atoms with Gasteiger partial charge in [-0.15, -0.1) is 0 Å². The normalized spacial score (nSPS) is 27.4.